The second-order valence-corrected chi connectivity index (χ2v) is 6.11. The summed E-state index contributed by atoms with van der Waals surface area (Å²) in [6.07, 6.45) is 0.190. The average molecular weight is 345 g/mol. The second-order valence-electron chi connectivity index (χ2n) is 6.11. The Bertz CT molecular complexity index is 876. The van der Waals surface area contributed by atoms with Gasteiger partial charge in [-0.1, -0.05) is 42.5 Å². The van der Waals surface area contributed by atoms with Gasteiger partial charge in [0, 0.05) is 17.3 Å². The van der Waals surface area contributed by atoms with Crippen molar-refractivity contribution in [2.45, 2.75) is 6.10 Å². The molecule has 1 amide bonds. The Morgan fingerprint density at radius 2 is 1.58 bits per heavy atom. The number of benzene rings is 3. The first-order chi connectivity index (χ1) is 12.8. The van der Waals surface area contributed by atoms with E-state index in [1.54, 1.807) is 4.90 Å². The van der Waals surface area contributed by atoms with Crippen molar-refractivity contribution in [3.05, 3.63) is 90.5 Å². The van der Waals surface area contributed by atoms with Gasteiger partial charge in [-0.2, -0.15) is 0 Å². The van der Waals surface area contributed by atoms with Crippen LogP contribution in [0.2, 0.25) is 0 Å². The molecule has 0 radical (unpaired) electrons. The highest BCUT2D eigenvalue weighted by molar-refractivity contribution is 6.10. The summed E-state index contributed by atoms with van der Waals surface area (Å²) in [7, 11) is 0. The van der Waals surface area contributed by atoms with Crippen LogP contribution in [0.3, 0.4) is 0 Å². The van der Waals surface area contributed by atoms with Gasteiger partial charge in [0.05, 0.1) is 12.3 Å². The van der Waals surface area contributed by atoms with Crippen molar-refractivity contribution in [1.82, 2.24) is 0 Å². The summed E-state index contributed by atoms with van der Waals surface area (Å²) in [5.41, 5.74) is 2.21. The van der Waals surface area contributed by atoms with Crippen LogP contribution in [0.5, 0.6) is 5.75 Å². The van der Waals surface area contributed by atoms with Crippen molar-refractivity contribution in [2.24, 2.45) is 0 Å². The predicted molar refractivity (Wildman–Crippen MR) is 101 cm³/mol. The molecular formula is C22H19NO3. The number of rotatable bonds is 6. The Hall–Kier alpha value is -3.11. The minimum absolute atomic E-state index is 0.0838. The molecule has 4 nitrogen and oxygen atoms in total. The highest BCUT2D eigenvalue weighted by Crippen LogP contribution is 2.30. The van der Waals surface area contributed by atoms with E-state index in [0.29, 0.717) is 12.2 Å². The molecule has 0 aliphatic carbocycles. The number of epoxide rings is 1. The number of nitrogens with zero attached hydrogens (tertiary/aromatic N) is 1. The van der Waals surface area contributed by atoms with Crippen LogP contribution in [0.25, 0.3) is 0 Å². The maximum Gasteiger partial charge on any atom is 0.262 e. The molecule has 1 fully saturated rings. The molecule has 1 heterocycles. The summed E-state index contributed by atoms with van der Waals surface area (Å²) in [6.45, 7) is 1.28. The lowest BCUT2D eigenvalue weighted by atomic mass is 10.1. The molecule has 1 atom stereocenters. The van der Waals surface area contributed by atoms with Crippen molar-refractivity contribution in [1.29, 1.82) is 0 Å². The Labute approximate surface area is 152 Å². The van der Waals surface area contributed by atoms with E-state index < -0.39 is 0 Å². The lowest BCUT2D eigenvalue weighted by Gasteiger charge is -2.23. The quantitative estimate of drug-likeness (QED) is 0.620. The van der Waals surface area contributed by atoms with Gasteiger partial charge >= 0.3 is 0 Å². The van der Waals surface area contributed by atoms with E-state index in [2.05, 4.69) is 0 Å². The van der Waals surface area contributed by atoms with Crippen LogP contribution < -0.4 is 9.64 Å². The fourth-order valence-electron chi connectivity index (χ4n) is 2.74. The molecule has 0 N–H and O–H groups in total. The van der Waals surface area contributed by atoms with Crippen molar-refractivity contribution in [3.63, 3.8) is 0 Å². The number of hydrogen-bond donors (Lipinski definition) is 0. The molecule has 0 aromatic heterocycles. The first kappa shape index (κ1) is 16.4. The van der Waals surface area contributed by atoms with Gasteiger partial charge in [-0.25, -0.2) is 0 Å². The Kier molecular flexibility index (Phi) is 4.67. The largest absolute Gasteiger partial charge is 0.491 e. The third-order valence-electron chi connectivity index (χ3n) is 4.15. The molecule has 4 rings (SSSR count). The molecule has 4 heteroatoms. The van der Waals surface area contributed by atoms with Crippen molar-refractivity contribution in [3.8, 4) is 5.75 Å². The minimum Gasteiger partial charge on any atom is -0.491 e. The number of para-hydroxylation sites is 1. The highest BCUT2D eigenvalue weighted by Gasteiger charge is 2.24. The first-order valence-corrected chi connectivity index (χ1v) is 8.60. The highest BCUT2D eigenvalue weighted by atomic mass is 16.6. The summed E-state index contributed by atoms with van der Waals surface area (Å²) < 4.78 is 11.0. The summed E-state index contributed by atoms with van der Waals surface area (Å²) >= 11 is 0. The molecule has 0 bridgehead atoms. The van der Waals surface area contributed by atoms with Crippen LogP contribution in [0, 0.1) is 0 Å². The maximum atomic E-state index is 13.2. The molecule has 1 aliphatic heterocycles. The third-order valence-corrected chi connectivity index (χ3v) is 4.15. The smallest absolute Gasteiger partial charge is 0.262 e. The van der Waals surface area contributed by atoms with E-state index in [4.69, 9.17) is 9.47 Å². The molecule has 130 valence electrons. The predicted octanol–water partition coefficient (Wildman–Crippen LogP) is 4.44. The van der Waals surface area contributed by atoms with E-state index in [1.807, 2.05) is 84.9 Å². The number of hydrogen-bond acceptors (Lipinski definition) is 3. The SMILES string of the molecule is O=C(c1ccccc1)N(c1ccccc1)c1cccc(OCC2CO2)c1. The molecule has 3 aromatic rings. The summed E-state index contributed by atoms with van der Waals surface area (Å²) in [5, 5.41) is 0. The van der Waals surface area contributed by atoms with E-state index in [9.17, 15) is 4.79 Å². The van der Waals surface area contributed by atoms with Crippen LogP contribution in [0.1, 0.15) is 10.4 Å². The summed E-state index contributed by atoms with van der Waals surface area (Å²) in [5.74, 6) is 0.638. The van der Waals surface area contributed by atoms with Crippen LogP contribution in [-0.2, 0) is 4.74 Å². The van der Waals surface area contributed by atoms with Crippen LogP contribution in [0.4, 0.5) is 11.4 Å². The molecule has 1 saturated heterocycles. The van der Waals surface area contributed by atoms with Gasteiger partial charge in [-0.3, -0.25) is 9.69 Å². The van der Waals surface area contributed by atoms with Gasteiger partial charge in [-0.15, -0.1) is 0 Å². The molecule has 3 aromatic carbocycles. The molecule has 1 unspecified atom stereocenters. The number of carbonyl (C=O) groups excluding carboxylic acids is 1. The van der Waals surface area contributed by atoms with Crippen LogP contribution in [-0.4, -0.2) is 25.2 Å². The van der Waals surface area contributed by atoms with Crippen LogP contribution >= 0.6 is 0 Å². The Morgan fingerprint density at radius 3 is 2.27 bits per heavy atom. The lowest BCUT2D eigenvalue weighted by molar-refractivity contribution is 0.0999. The fourth-order valence-corrected chi connectivity index (χ4v) is 2.74. The topological polar surface area (TPSA) is 42.1 Å². The maximum absolute atomic E-state index is 13.2. The van der Waals surface area contributed by atoms with Crippen molar-refractivity contribution < 1.29 is 14.3 Å². The van der Waals surface area contributed by atoms with Gasteiger partial charge in [0.25, 0.3) is 5.91 Å². The van der Waals surface area contributed by atoms with E-state index in [0.717, 1.165) is 23.7 Å². The zero-order valence-electron chi connectivity index (χ0n) is 14.2. The lowest BCUT2D eigenvalue weighted by Crippen LogP contribution is -2.25. The number of carbonyl (C=O) groups is 1. The molecule has 26 heavy (non-hydrogen) atoms. The fraction of sp³-hybridized carbons (Fsp3) is 0.136. The number of anilines is 2. The van der Waals surface area contributed by atoms with Crippen molar-refractivity contribution >= 4 is 17.3 Å². The molecule has 1 aliphatic rings. The summed E-state index contributed by atoms with van der Waals surface area (Å²) in [4.78, 5) is 14.9. The van der Waals surface area contributed by atoms with E-state index in [-0.39, 0.29) is 12.0 Å². The number of ether oxygens (including phenoxy) is 2. The summed E-state index contributed by atoms with van der Waals surface area (Å²) in [6, 6.07) is 26.5. The minimum atomic E-state index is -0.0838. The second kappa shape index (κ2) is 7.42. The van der Waals surface area contributed by atoms with E-state index in [1.165, 1.54) is 0 Å². The third kappa shape index (κ3) is 3.76. The van der Waals surface area contributed by atoms with Gasteiger partial charge in [0.1, 0.15) is 18.5 Å². The average Bonchev–Trinajstić information content (AvgIpc) is 3.53. The van der Waals surface area contributed by atoms with Gasteiger partial charge in [0.15, 0.2) is 0 Å². The zero-order valence-corrected chi connectivity index (χ0v) is 14.2. The molecule has 0 saturated carbocycles. The molecular weight excluding hydrogens is 326 g/mol. The standard InChI is InChI=1S/C22H19NO3/c24-22(17-8-3-1-4-9-17)23(18-10-5-2-6-11-18)19-12-7-13-20(14-19)25-15-21-16-26-21/h1-14,21H,15-16H2. The Balaban J connectivity index is 1.68. The van der Waals surface area contributed by atoms with Gasteiger partial charge < -0.3 is 9.47 Å². The Morgan fingerprint density at radius 1 is 0.923 bits per heavy atom. The van der Waals surface area contributed by atoms with Crippen LogP contribution in [0.15, 0.2) is 84.9 Å². The number of amides is 1. The normalized spacial score (nSPS) is 15.3. The van der Waals surface area contributed by atoms with Gasteiger partial charge in [0.2, 0.25) is 0 Å². The van der Waals surface area contributed by atoms with E-state index >= 15 is 0 Å². The van der Waals surface area contributed by atoms with Gasteiger partial charge in [-0.05, 0) is 36.4 Å². The zero-order chi connectivity index (χ0) is 17.8. The first-order valence-electron chi connectivity index (χ1n) is 8.60. The monoisotopic (exact) mass is 345 g/mol. The van der Waals surface area contributed by atoms with Crippen molar-refractivity contribution in [2.75, 3.05) is 18.1 Å². The molecule has 0 spiro atoms.